The predicted molar refractivity (Wildman–Crippen MR) is 128 cm³/mol. The third-order valence-corrected chi connectivity index (χ3v) is 5.76. The second-order valence-corrected chi connectivity index (χ2v) is 8.63. The second kappa shape index (κ2) is 9.87. The fourth-order valence-electron chi connectivity index (χ4n) is 3.08. The lowest BCUT2D eigenvalue weighted by Gasteiger charge is -2.07. The summed E-state index contributed by atoms with van der Waals surface area (Å²) in [7, 11) is 0. The van der Waals surface area contributed by atoms with Crippen molar-refractivity contribution in [1.29, 1.82) is 0 Å². The van der Waals surface area contributed by atoms with Gasteiger partial charge in [0.15, 0.2) is 11.5 Å². The van der Waals surface area contributed by atoms with Crippen LogP contribution < -0.4 is 10.1 Å². The Morgan fingerprint density at radius 1 is 1.09 bits per heavy atom. The van der Waals surface area contributed by atoms with Crippen LogP contribution in [0.1, 0.15) is 32.9 Å². The summed E-state index contributed by atoms with van der Waals surface area (Å²) in [6, 6.07) is 12.8. The summed E-state index contributed by atoms with van der Waals surface area (Å²) < 4.78 is 12.6. The summed E-state index contributed by atoms with van der Waals surface area (Å²) in [5.41, 5.74) is 2.57. The number of hydrogen-bond donors (Lipinski definition) is 1. The first-order valence-corrected chi connectivity index (χ1v) is 11.1. The zero-order valence-corrected chi connectivity index (χ0v) is 20.0. The quantitative estimate of drug-likeness (QED) is 0.317. The van der Waals surface area contributed by atoms with Crippen LogP contribution in [0.15, 0.2) is 53.2 Å². The first kappa shape index (κ1) is 23.2. The minimum atomic E-state index is -0.508. The van der Waals surface area contributed by atoms with Gasteiger partial charge in [0.1, 0.15) is 23.1 Å². The molecule has 10 heteroatoms. The Bertz CT molecular complexity index is 1300. The van der Waals surface area contributed by atoms with E-state index in [-0.39, 0.29) is 23.1 Å². The Kier molecular flexibility index (Phi) is 6.93. The van der Waals surface area contributed by atoms with Crippen LogP contribution in [0, 0.1) is 13.8 Å². The van der Waals surface area contributed by atoms with E-state index in [4.69, 9.17) is 44.1 Å². The van der Waals surface area contributed by atoms with Crippen molar-refractivity contribution in [2.45, 2.75) is 27.0 Å². The molecule has 7 nitrogen and oxygen atoms in total. The molecule has 1 amide bonds. The highest BCUT2D eigenvalue weighted by Gasteiger charge is 2.22. The van der Waals surface area contributed by atoms with Gasteiger partial charge in [0.25, 0.3) is 5.91 Å². The number of benzene rings is 2. The van der Waals surface area contributed by atoms with Gasteiger partial charge < -0.3 is 14.6 Å². The van der Waals surface area contributed by atoms with Crippen LogP contribution in [0.2, 0.25) is 15.1 Å². The molecule has 0 fully saturated rings. The molecule has 4 aromatic rings. The molecule has 0 aliphatic rings. The number of rotatable bonds is 7. The van der Waals surface area contributed by atoms with Crippen molar-refractivity contribution in [3.05, 3.63) is 91.9 Å². The smallest absolute Gasteiger partial charge is 0.279 e. The van der Waals surface area contributed by atoms with Gasteiger partial charge in [-0.3, -0.25) is 9.48 Å². The van der Waals surface area contributed by atoms with Gasteiger partial charge in [0.2, 0.25) is 0 Å². The molecule has 0 radical (unpaired) electrons. The van der Waals surface area contributed by atoms with Crippen molar-refractivity contribution in [3.63, 3.8) is 0 Å². The summed E-state index contributed by atoms with van der Waals surface area (Å²) in [6.07, 6.45) is 1.59. The van der Waals surface area contributed by atoms with E-state index < -0.39 is 5.91 Å². The highest BCUT2D eigenvalue weighted by Crippen LogP contribution is 2.25. The predicted octanol–water partition coefficient (Wildman–Crippen LogP) is 6.33. The number of hydrogen-bond acceptors (Lipinski definition) is 5. The lowest BCUT2D eigenvalue weighted by Crippen LogP contribution is -2.16. The average Bonchev–Trinajstić information content (AvgIpc) is 3.31. The van der Waals surface area contributed by atoms with Crippen LogP contribution in [0.25, 0.3) is 0 Å². The van der Waals surface area contributed by atoms with Crippen LogP contribution >= 0.6 is 34.8 Å². The molecule has 4 rings (SSSR count). The SMILES string of the molecule is Cc1ccc(OCc2c(C(=O)Nc3nn(Cc4ccc(Cl)cc4Cl)cc3Cl)noc2C)cc1. The minimum absolute atomic E-state index is 0.103. The van der Waals surface area contributed by atoms with Gasteiger partial charge in [-0.15, -0.1) is 0 Å². The molecule has 2 aromatic carbocycles. The van der Waals surface area contributed by atoms with E-state index in [0.717, 1.165) is 11.1 Å². The number of amides is 1. The molecule has 0 spiro atoms. The van der Waals surface area contributed by atoms with Crippen LogP contribution in [0.3, 0.4) is 0 Å². The van der Waals surface area contributed by atoms with Gasteiger partial charge in [-0.05, 0) is 43.7 Å². The second-order valence-electron chi connectivity index (χ2n) is 7.38. The number of aryl methyl sites for hydroxylation is 2. The fourth-order valence-corrected chi connectivity index (χ4v) is 3.75. The standard InChI is InChI=1S/C23H19Cl3N4O3/c1-13-3-7-17(8-4-13)32-12-18-14(2)33-29-21(18)23(31)27-22-20(26)11-30(28-22)10-15-5-6-16(24)9-19(15)25/h3-9,11H,10,12H2,1-2H3,(H,27,28,31). The molecule has 2 aromatic heterocycles. The summed E-state index contributed by atoms with van der Waals surface area (Å²) in [5.74, 6) is 0.848. The molecule has 1 N–H and O–H groups in total. The van der Waals surface area contributed by atoms with Crippen molar-refractivity contribution >= 4 is 46.5 Å². The number of nitrogens with one attached hydrogen (secondary N) is 1. The lowest BCUT2D eigenvalue weighted by atomic mass is 10.2. The maximum Gasteiger partial charge on any atom is 0.279 e. The maximum atomic E-state index is 12.9. The molecule has 2 heterocycles. The number of anilines is 1. The average molecular weight is 506 g/mol. The zero-order chi connectivity index (χ0) is 23.5. The number of nitrogens with zero attached hydrogens (tertiary/aromatic N) is 3. The van der Waals surface area contributed by atoms with Gasteiger partial charge in [-0.1, -0.05) is 63.7 Å². The van der Waals surface area contributed by atoms with Crippen molar-refractivity contribution in [2.24, 2.45) is 0 Å². The van der Waals surface area contributed by atoms with Crippen molar-refractivity contribution in [1.82, 2.24) is 14.9 Å². The van der Waals surface area contributed by atoms with E-state index in [0.29, 0.717) is 33.7 Å². The molecule has 0 aliphatic heterocycles. The topological polar surface area (TPSA) is 82.2 Å². The Morgan fingerprint density at radius 2 is 1.85 bits per heavy atom. The van der Waals surface area contributed by atoms with Crippen LogP contribution in [0.5, 0.6) is 5.75 Å². The molecule has 33 heavy (non-hydrogen) atoms. The summed E-state index contributed by atoms with van der Waals surface area (Å²) in [5, 5.41) is 12.2. The van der Waals surface area contributed by atoms with Crippen molar-refractivity contribution in [3.8, 4) is 5.75 Å². The van der Waals surface area contributed by atoms with Gasteiger partial charge in [0.05, 0.1) is 12.1 Å². The highest BCUT2D eigenvalue weighted by atomic mass is 35.5. The summed E-state index contributed by atoms with van der Waals surface area (Å²) in [6.45, 7) is 4.19. The third-order valence-electron chi connectivity index (χ3n) is 4.90. The monoisotopic (exact) mass is 504 g/mol. The largest absolute Gasteiger partial charge is 0.489 e. The molecule has 0 atom stereocenters. The van der Waals surface area contributed by atoms with E-state index in [1.165, 1.54) is 0 Å². The van der Waals surface area contributed by atoms with Crippen LogP contribution in [0.4, 0.5) is 5.82 Å². The van der Waals surface area contributed by atoms with Crippen LogP contribution in [-0.2, 0) is 13.2 Å². The Morgan fingerprint density at radius 3 is 2.58 bits per heavy atom. The van der Waals surface area contributed by atoms with Crippen molar-refractivity contribution < 1.29 is 14.1 Å². The normalized spacial score (nSPS) is 10.9. The zero-order valence-electron chi connectivity index (χ0n) is 17.7. The van der Waals surface area contributed by atoms with Gasteiger partial charge in [-0.25, -0.2) is 0 Å². The third kappa shape index (κ3) is 5.50. The molecule has 0 aliphatic carbocycles. The van der Waals surface area contributed by atoms with E-state index in [2.05, 4.69) is 15.6 Å². The summed E-state index contributed by atoms with van der Waals surface area (Å²) in [4.78, 5) is 12.9. The number of carbonyl (C=O) groups is 1. The van der Waals surface area contributed by atoms with Crippen LogP contribution in [-0.4, -0.2) is 20.8 Å². The number of carbonyl (C=O) groups excluding carboxylic acids is 1. The molecule has 0 unspecified atom stereocenters. The molecule has 0 saturated carbocycles. The Hall–Kier alpha value is -3.00. The van der Waals surface area contributed by atoms with E-state index in [1.807, 2.05) is 31.2 Å². The van der Waals surface area contributed by atoms with Gasteiger partial charge >= 0.3 is 0 Å². The Labute approximate surface area is 205 Å². The molecule has 0 bridgehead atoms. The number of ether oxygens (including phenoxy) is 1. The molecular formula is C23H19Cl3N4O3. The first-order valence-electron chi connectivity index (χ1n) is 9.93. The van der Waals surface area contributed by atoms with E-state index in [1.54, 1.807) is 36.0 Å². The molecule has 0 saturated heterocycles. The molecule has 170 valence electrons. The summed E-state index contributed by atoms with van der Waals surface area (Å²) >= 11 is 18.5. The first-order chi connectivity index (χ1) is 15.8. The Balaban J connectivity index is 1.47. The maximum absolute atomic E-state index is 12.9. The van der Waals surface area contributed by atoms with Gasteiger partial charge in [0, 0.05) is 16.2 Å². The van der Waals surface area contributed by atoms with E-state index >= 15 is 0 Å². The minimum Gasteiger partial charge on any atom is -0.489 e. The lowest BCUT2D eigenvalue weighted by molar-refractivity contribution is 0.101. The van der Waals surface area contributed by atoms with Gasteiger partial charge in [-0.2, -0.15) is 5.10 Å². The van der Waals surface area contributed by atoms with Crippen molar-refractivity contribution in [2.75, 3.05) is 5.32 Å². The fraction of sp³-hybridized carbons (Fsp3) is 0.174. The highest BCUT2D eigenvalue weighted by molar-refractivity contribution is 6.35. The number of aromatic nitrogens is 3. The van der Waals surface area contributed by atoms with E-state index in [9.17, 15) is 4.79 Å². The molecular weight excluding hydrogens is 487 g/mol. The number of halogens is 3.